The van der Waals surface area contributed by atoms with E-state index in [1.165, 1.54) is 5.56 Å². The van der Waals surface area contributed by atoms with Crippen molar-refractivity contribution in [1.82, 2.24) is 15.1 Å². The zero-order valence-electron chi connectivity index (χ0n) is 18.3. The molecule has 1 aromatic heterocycles. The van der Waals surface area contributed by atoms with E-state index in [2.05, 4.69) is 53.8 Å². The molecule has 1 aliphatic rings. The van der Waals surface area contributed by atoms with Crippen molar-refractivity contribution in [1.29, 1.82) is 0 Å². The number of nitrogens with zero attached hydrogens (tertiary/aromatic N) is 2. The molecule has 31 heavy (non-hydrogen) atoms. The number of amides is 1. The first-order valence-electron chi connectivity index (χ1n) is 10.9. The number of rotatable bonds is 5. The fourth-order valence-electron chi connectivity index (χ4n) is 4.16. The Hall–Kier alpha value is -2.63. The zero-order valence-corrected chi connectivity index (χ0v) is 19.0. The fraction of sp³-hybridized carbons (Fsp3) is 0.360. The molecular formula is C25H29ClN4O. The van der Waals surface area contributed by atoms with Crippen LogP contribution in [0.2, 0.25) is 5.02 Å². The summed E-state index contributed by atoms with van der Waals surface area (Å²) in [4.78, 5) is 13.3. The molecule has 1 fully saturated rings. The summed E-state index contributed by atoms with van der Waals surface area (Å²) in [6.45, 7) is 8.16. The van der Waals surface area contributed by atoms with Gasteiger partial charge in [0, 0.05) is 16.6 Å². The van der Waals surface area contributed by atoms with Gasteiger partial charge in [0.2, 0.25) is 0 Å². The van der Waals surface area contributed by atoms with E-state index in [4.69, 9.17) is 11.6 Å². The number of hydrogen-bond acceptors (Lipinski definition) is 3. The van der Waals surface area contributed by atoms with E-state index in [1.54, 1.807) is 6.20 Å². The minimum Gasteiger partial charge on any atom is -0.322 e. The van der Waals surface area contributed by atoms with E-state index in [1.807, 2.05) is 29.8 Å². The van der Waals surface area contributed by atoms with Crippen molar-refractivity contribution in [2.45, 2.75) is 45.4 Å². The second-order valence-electron chi connectivity index (χ2n) is 8.49. The van der Waals surface area contributed by atoms with Crippen LogP contribution in [-0.2, 0) is 0 Å². The number of piperidine rings is 1. The van der Waals surface area contributed by atoms with Crippen LogP contribution in [0, 0.1) is 6.92 Å². The summed E-state index contributed by atoms with van der Waals surface area (Å²) >= 11 is 6.24. The topological polar surface area (TPSA) is 59.0 Å². The number of aromatic nitrogens is 2. The van der Waals surface area contributed by atoms with Gasteiger partial charge < -0.3 is 10.6 Å². The van der Waals surface area contributed by atoms with Crippen molar-refractivity contribution in [3.8, 4) is 5.69 Å². The van der Waals surface area contributed by atoms with Gasteiger partial charge in [0.1, 0.15) is 0 Å². The van der Waals surface area contributed by atoms with Crippen molar-refractivity contribution in [2.24, 2.45) is 0 Å². The molecule has 6 heteroatoms. The molecule has 5 nitrogen and oxygen atoms in total. The van der Waals surface area contributed by atoms with Crippen LogP contribution in [0.5, 0.6) is 0 Å². The Bertz CT molecular complexity index is 1070. The van der Waals surface area contributed by atoms with E-state index in [9.17, 15) is 4.79 Å². The SMILES string of the molecule is Cc1c(Cl)cccc1NC(=O)c1cnn(-c2ccc(C(C)C)cc2)c1C1CCNCC1. The Kier molecular flexibility index (Phi) is 6.44. The third-order valence-electron chi connectivity index (χ3n) is 6.10. The number of halogens is 1. The second-order valence-corrected chi connectivity index (χ2v) is 8.90. The highest BCUT2D eigenvalue weighted by atomic mass is 35.5. The first kappa shape index (κ1) is 21.6. The maximum atomic E-state index is 13.3. The molecule has 1 saturated heterocycles. The van der Waals surface area contributed by atoms with Gasteiger partial charge in [-0.15, -0.1) is 0 Å². The van der Waals surface area contributed by atoms with Crippen LogP contribution in [0.1, 0.15) is 65.7 Å². The van der Waals surface area contributed by atoms with Crippen molar-refractivity contribution in [3.63, 3.8) is 0 Å². The smallest absolute Gasteiger partial charge is 0.259 e. The standard InChI is InChI=1S/C25H29ClN4O/c1-16(2)18-7-9-20(10-8-18)30-24(19-11-13-27-14-12-19)21(15-28-30)25(31)29-23-6-4-5-22(26)17(23)3/h4-10,15-16,19,27H,11-14H2,1-3H3,(H,29,31). The van der Waals surface area contributed by atoms with Gasteiger partial charge in [-0.25, -0.2) is 4.68 Å². The Morgan fingerprint density at radius 2 is 1.87 bits per heavy atom. The van der Waals surface area contributed by atoms with E-state index in [0.29, 0.717) is 16.5 Å². The molecule has 1 aliphatic heterocycles. The second kappa shape index (κ2) is 9.25. The van der Waals surface area contributed by atoms with Crippen LogP contribution in [-0.4, -0.2) is 28.8 Å². The van der Waals surface area contributed by atoms with Crippen molar-refractivity contribution in [3.05, 3.63) is 76.1 Å². The molecule has 0 aliphatic carbocycles. The third-order valence-corrected chi connectivity index (χ3v) is 6.51. The normalized spacial score (nSPS) is 14.7. The van der Waals surface area contributed by atoms with Crippen molar-refractivity contribution >= 4 is 23.2 Å². The minimum atomic E-state index is -0.149. The lowest BCUT2D eigenvalue weighted by molar-refractivity contribution is 0.102. The summed E-state index contributed by atoms with van der Waals surface area (Å²) in [5.41, 5.74) is 5.46. The summed E-state index contributed by atoms with van der Waals surface area (Å²) < 4.78 is 1.94. The number of carbonyl (C=O) groups is 1. The monoisotopic (exact) mass is 436 g/mol. The van der Waals surface area contributed by atoms with Gasteiger partial charge in [0.25, 0.3) is 5.91 Å². The van der Waals surface area contributed by atoms with Crippen LogP contribution in [0.3, 0.4) is 0 Å². The van der Waals surface area contributed by atoms with E-state index in [0.717, 1.165) is 48.6 Å². The van der Waals surface area contributed by atoms with Crippen molar-refractivity contribution in [2.75, 3.05) is 18.4 Å². The van der Waals surface area contributed by atoms with Gasteiger partial charge in [0.05, 0.1) is 23.1 Å². The maximum absolute atomic E-state index is 13.3. The molecule has 1 amide bonds. The average molecular weight is 437 g/mol. The lowest BCUT2D eigenvalue weighted by Crippen LogP contribution is -2.29. The van der Waals surface area contributed by atoms with Gasteiger partial charge in [-0.3, -0.25) is 4.79 Å². The lowest BCUT2D eigenvalue weighted by Gasteiger charge is -2.25. The molecule has 0 saturated carbocycles. The lowest BCUT2D eigenvalue weighted by atomic mass is 9.91. The molecule has 0 spiro atoms. The average Bonchev–Trinajstić information content (AvgIpc) is 3.23. The van der Waals surface area contributed by atoms with Gasteiger partial charge in [-0.1, -0.05) is 43.6 Å². The predicted molar refractivity (Wildman–Crippen MR) is 127 cm³/mol. The fourth-order valence-corrected chi connectivity index (χ4v) is 4.33. The molecule has 0 radical (unpaired) electrons. The maximum Gasteiger partial charge on any atom is 0.259 e. The number of nitrogens with one attached hydrogen (secondary N) is 2. The Morgan fingerprint density at radius 1 is 1.16 bits per heavy atom. The molecule has 0 bridgehead atoms. The molecule has 162 valence electrons. The largest absolute Gasteiger partial charge is 0.322 e. The molecule has 4 rings (SSSR count). The predicted octanol–water partition coefficient (Wildman–Crippen LogP) is 5.68. The van der Waals surface area contributed by atoms with Crippen LogP contribution >= 0.6 is 11.6 Å². The van der Waals surface area contributed by atoms with Crippen molar-refractivity contribution < 1.29 is 4.79 Å². The molecule has 2 heterocycles. The summed E-state index contributed by atoms with van der Waals surface area (Å²) in [5, 5.41) is 11.7. The molecule has 3 aromatic rings. The van der Waals surface area contributed by atoms with E-state index < -0.39 is 0 Å². The number of benzene rings is 2. The van der Waals surface area contributed by atoms with Crippen LogP contribution in [0.25, 0.3) is 5.69 Å². The summed E-state index contributed by atoms with van der Waals surface area (Å²) in [6, 6.07) is 14.0. The van der Waals surface area contributed by atoms with Gasteiger partial charge in [-0.05, 0) is 74.2 Å². The molecule has 2 aromatic carbocycles. The summed E-state index contributed by atoms with van der Waals surface area (Å²) in [5.74, 6) is 0.594. The Balaban J connectivity index is 1.72. The highest BCUT2D eigenvalue weighted by Gasteiger charge is 2.27. The minimum absolute atomic E-state index is 0.149. The van der Waals surface area contributed by atoms with Crippen LogP contribution in [0.15, 0.2) is 48.7 Å². The molecule has 0 atom stereocenters. The van der Waals surface area contributed by atoms with Gasteiger partial charge in [0.15, 0.2) is 0 Å². The Morgan fingerprint density at radius 3 is 2.55 bits per heavy atom. The first-order valence-corrected chi connectivity index (χ1v) is 11.3. The number of anilines is 1. The summed E-state index contributed by atoms with van der Waals surface area (Å²) in [6.07, 6.45) is 3.65. The van der Waals surface area contributed by atoms with Crippen LogP contribution < -0.4 is 10.6 Å². The third kappa shape index (κ3) is 4.53. The zero-order chi connectivity index (χ0) is 22.0. The quantitative estimate of drug-likeness (QED) is 0.541. The number of carbonyl (C=O) groups excluding carboxylic acids is 1. The summed E-state index contributed by atoms with van der Waals surface area (Å²) in [7, 11) is 0. The molecule has 0 unspecified atom stereocenters. The highest BCUT2D eigenvalue weighted by Crippen LogP contribution is 2.32. The first-order chi connectivity index (χ1) is 15.0. The molecule has 2 N–H and O–H groups in total. The van der Waals surface area contributed by atoms with Crippen LogP contribution in [0.4, 0.5) is 5.69 Å². The molecular weight excluding hydrogens is 408 g/mol. The highest BCUT2D eigenvalue weighted by molar-refractivity contribution is 6.31. The van der Waals surface area contributed by atoms with Gasteiger partial charge >= 0.3 is 0 Å². The van der Waals surface area contributed by atoms with E-state index in [-0.39, 0.29) is 11.8 Å². The van der Waals surface area contributed by atoms with Gasteiger partial charge in [-0.2, -0.15) is 5.10 Å². The Labute approximate surface area is 188 Å². The number of hydrogen-bond donors (Lipinski definition) is 2. The van der Waals surface area contributed by atoms with E-state index >= 15 is 0 Å².